The monoisotopic (exact) mass is 249 g/mol. The van der Waals surface area contributed by atoms with Crippen LogP contribution in [0.25, 0.3) is 0 Å². The molecule has 1 aromatic rings. The first kappa shape index (κ1) is 13.2. The number of carbonyl (C=O) groups is 1. The molecule has 3 heteroatoms. The average Bonchev–Trinajstić information content (AvgIpc) is 2.33. The van der Waals surface area contributed by atoms with Crippen LogP contribution in [-0.2, 0) is 11.2 Å². The number of hydrogen-bond donors (Lipinski definition) is 1. The first-order valence-corrected chi connectivity index (χ1v) is 6.61. The Hall–Kier alpha value is -1.22. The van der Waals surface area contributed by atoms with Crippen molar-refractivity contribution in [3.8, 4) is 0 Å². The molecule has 98 valence electrons. The Morgan fingerprint density at radius 1 is 1.39 bits per heavy atom. The number of carbonyl (C=O) groups excluding carboxylic acids is 1. The summed E-state index contributed by atoms with van der Waals surface area (Å²) >= 11 is 0. The molecule has 2 nitrogen and oxygen atoms in total. The van der Waals surface area contributed by atoms with Gasteiger partial charge in [-0.25, -0.2) is 4.39 Å². The molecule has 0 aliphatic heterocycles. The van der Waals surface area contributed by atoms with Gasteiger partial charge in [0, 0.05) is 18.4 Å². The summed E-state index contributed by atoms with van der Waals surface area (Å²) in [6, 6.07) is 4.60. The normalized spacial score (nSPS) is 23.9. The van der Waals surface area contributed by atoms with Crippen molar-refractivity contribution in [3.63, 3.8) is 0 Å². The molecule has 0 heterocycles. The fourth-order valence-electron chi connectivity index (χ4n) is 2.74. The quantitative estimate of drug-likeness (QED) is 0.895. The fourth-order valence-corrected chi connectivity index (χ4v) is 2.74. The van der Waals surface area contributed by atoms with E-state index in [4.69, 9.17) is 5.73 Å². The minimum absolute atomic E-state index is 0.00649. The van der Waals surface area contributed by atoms with Crippen LogP contribution in [0.4, 0.5) is 4.39 Å². The first-order chi connectivity index (χ1) is 8.58. The van der Waals surface area contributed by atoms with Crippen LogP contribution in [-0.4, -0.2) is 11.8 Å². The first-order valence-electron chi connectivity index (χ1n) is 6.61. The molecule has 1 aromatic carbocycles. The number of nitrogens with two attached hydrogens (primary N) is 1. The van der Waals surface area contributed by atoms with E-state index in [9.17, 15) is 9.18 Å². The fraction of sp³-hybridized carbons (Fsp3) is 0.533. The predicted octanol–water partition coefficient (Wildman–Crippen LogP) is 2.76. The number of benzene rings is 1. The third-order valence-electron chi connectivity index (χ3n) is 3.90. The second kappa shape index (κ2) is 5.61. The molecule has 0 amide bonds. The lowest BCUT2D eigenvalue weighted by Crippen LogP contribution is -2.38. The number of Topliss-reactive ketones (excluding diaryl/α,β-unsaturated/α-hetero) is 1. The number of ketones is 1. The molecule has 0 aromatic heterocycles. The zero-order valence-corrected chi connectivity index (χ0v) is 10.8. The third kappa shape index (κ3) is 2.96. The molecular formula is C15H20FNO. The SMILES string of the molecule is Cc1cc(F)ccc1CC(=O)C1CCCCC1N. The Balaban J connectivity index is 2.06. The van der Waals surface area contributed by atoms with E-state index in [1.807, 2.05) is 6.92 Å². The molecule has 2 N–H and O–H groups in total. The van der Waals surface area contributed by atoms with Gasteiger partial charge in [-0.1, -0.05) is 18.9 Å². The summed E-state index contributed by atoms with van der Waals surface area (Å²) in [6.07, 6.45) is 4.44. The van der Waals surface area contributed by atoms with Crippen LogP contribution in [0, 0.1) is 18.7 Å². The molecule has 1 aliphatic rings. The smallest absolute Gasteiger partial charge is 0.141 e. The zero-order chi connectivity index (χ0) is 13.1. The zero-order valence-electron chi connectivity index (χ0n) is 10.8. The van der Waals surface area contributed by atoms with Crippen molar-refractivity contribution in [2.24, 2.45) is 11.7 Å². The maximum Gasteiger partial charge on any atom is 0.141 e. The Morgan fingerprint density at radius 3 is 2.78 bits per heavy atom. The molecule has 0 spiro atoms. The highest BCUT2D eigenvalue weighted by atomic mass is 19.1. The number of hydrogen-bond acceptors (Lipinski definition) is 2. The molecule has 1 aliphatic carbocycles. The lowest BCUT2D eigenvalue weighted by molar-refractivity contribution is -0.123. The van der Waals surface area contributed by atoms with Crippen LogP contribution >= 0.6 is 0 Å². The van der Waals surface area contributed by atoms with Gasteiger partial charge in [-0.05, 0) is 43.0 Å². The van der Waals surface area contributed by atoms with Crippen LogP contribution in [0.2, 0.25) is 0 Å². The van der Waals surface area contributed by atoms with Gasteiger partial charge in [-0.15, -0.1) is 0 Å². The van der Waals surface area contributed by atoms with Crippen LogP contribution in [0.5, 0.6) is 0 Å². The van der Waals surface area contributed by atoms with E-state index >= 15 is 0 Å². The Labute approximate surface area is 107 Å². The lowest BCUT2D eigenvalue weighted by atomic mass is 9.80. The van der Waals surface area contributed by atoms with Crippen molar-refractivity contribution in [2.75, 3.05) is 0 Å². The summed E-state index contributed by atoms with van der Waals surface area (Å²) in [5.41, 5.74) is 7.77. The summed E-state index contributed by atoms with van der Waals surface area (Å²) in [5, 5.41) is 0. The second-order valence-corrected chi connectivity index (χ2v) is 5.27. The molecule has 1 fully saturated rings. The van der Waals surface area contributed by atoms with Crippen molar-refractivity contribution >= 4 is 5.78 Å². The van der Waals surface area contributed by atoms with E-state index in [-0.39, 0.29) is 23.6 Å². The average molecular weight is 249 g/mol. The van der Waals surface area contributed by atoms with Gasteiger partial charge in [0.1, 0.15) is 11.6 Å². The van der Waals surface area contributed by atoms with Crippen molar-refractivity contribution in [1.29, 1.82) is 0 Å². The van der Waals surface area contributed by atoms with Crippen molar-refractivity contribution in [3.05, 3.63) is 35.1 Å². The third-order valence-corrected chi connectivity index (χ3v) is 3.90. The van der Waals surface area contributed by atoms with Gasteiger partial charge in [0.05, 0.1) is 0 Å². The largest absolute Gasteiger partial charge is 0.327 e. The number of aryl methyl sites for hydroxylation is 1. The molecule has 2 rings (SSSR count). The van der Waals surface area contributed by atoms with E-state index in [0.29, 0.717) is 6.42 Å². The summed E-state index contributed by atoms with van der Waals surface area (Å²) in [7, 11) is 0. The molecule has 0 radical (unpaired) electrons. The highest BCUT2D eigenvalue weighted by Crippen LogP contribution is 2.25. The predicted molar refractivity (Wildman–Crippen MR) is 69.8 cm³/mol. The van der Waals surface area contributed by atoms with E-state index in [1.165, 1.54) is 12.1 Å². The van der Waals surface area contributed by atoms with Crippen LogP contribution < -0.4 is 5.73 Å². The molecule has 2 atom stereocenters. The standard InChI is InChI=1S/C15H20FNO/c1-10-8-12(16)7-6-11(10)9-15(18)13-4-2-3-5-14(13)17/h6-8,13-14H,2-5,9,17H2,1H3. The number of halogens is 1. The van der Waals surface area contributed by atoms with Gasteiger partial charge < -0.3 is 5.73 Å². The molecule has 2 unspecified atom stereocenters. The summed E-state index contributed by atoms with van der Waals surface area (Å²) in [6.45, 7) is 1.84. The van der Waals surface area contributed by atoms with Gasteiger partial charge in [0.15, 0.2) is 0 Å². The van der Waals surface area contributed by atoms with E-state index in [2.05, 4.69) is 0 Å². The van der Waals surface area contributed by atoms with Crippen molar-refractivity contribution in [1.82, 2.24) is 0 Å². The minimum atomic E-state index is -0.252. The van der Waals surface area contributed by atoms with Crippen LogP contribution in [0.15, 0.2) is 18.2 Å². The summed E-state index contributed by atoms with van der Waals surface area (Å²) in [5.74, 6) is -0.0572. The molecule has 1 saturated carbocycles. The summed E-state index contributed by atoms with van der Waals surface area (Å²) < 4.78 is 13.0. The minimum Gasteiger partial charge on any atom is -0.327 e. The Morgan fingerprint density at radius 2 is 2.11 bits per heavy atom. The Bertz CT molecular complexity index is 444. The van der Waals surface area contributed by atoms with Crippen molar-refractivity contribution < 1.29 is 9.18 Å². The molecule has 0 saturated heterocycles. The van der Waals surface area contributed by atoms with Gasteiger partial charge >= 0.3 is 0 Å². The van der Waals surface area contributed by atoms with Gasteiger partial charge in [0.2, 0.25) is 0 Å². The topological polar surface area (TPSA) is 43.1 Å². The van der Waals surface area contributed by atoms with E-state index in [1.54, 1.807) is 6.07 Å². The maximum atomic E-state index is 13.0. The summed E-state index contributed by atoms with van der Waals surface area (Å²) in [4.78, 5) is 12.2. The van der Waals surface area contributed by atoms with E-state index < -0.39 is 0 Å². The maximum absolute atomic E-state index is 13.0. The highest BCUT2D eigenvalue weighted by Gasteiger charge is 2.28. The van der Waals surface area contributed by atoms with Crippen LogP contribution in [0.1, 0.15) is 36.8 Å². The molecule has 18 heavy (non-hydrogen) atoms. The lowest BCUT2D eigenvalue weighted by Gasteiger charge is -2.27. The van der Waals surface area contributed by atoms with Gasteiger partial charge in [0.25, 0.3) is 0 Å². The van der Waals surface area contributed by atoms with Gasteiger partial charge in [-0.2, -0.15) is 0 Å². The second-order valence-electron chi connectivity index (χ2n) is 5.27. The molecule has 0 bridgehead atoms. The van der Waals surface area contributed by atoms with E-state index in [0.717, 1.165) is 36.8 Å². The van der Waals surface area contributed by atoms with Crippen molar-refractivity contribution in [2.45, 2.75) is 45.1 Å². The van der Waals surface area contributed by atoms with Crippen LogP contribution in [0.3, 0.4) is 0 Å². The number of rotatable bonds is 3. The highest BCUT2D eigenvalue weighted by molar-refractivity contribution is 5.84. The van der Waals surface area contributed by atoms with Gasteiger partial charge in [-0.3, -0.25) is 4.79 Å². The molecular weight excluding hydrogens is 229 g/mol. The Kier molecular flexibility index (Phi) is 4.12.